The number of primary amides is 1. The van der Waals surface area contributed by atoms with Crippen molar-refractivity contribution < 1.29 is 4.79 Å². The average Bonchev–Trinajstić information content (AvgIpc) is 2.44. The van der Waals surface area contributed by atoms with Crippen LogP contribution in [0.4, 0.5) is 5.69 Å². The first-order valence-corrected chi connectivity index (χ1v) is 7.30. The second-order valence-corrected chi connectivity index (χ2v) is 5.46. The van der Waals surface area contributed by atoms with Gasteiger partial charge in [0.25, 0.3) is 0 Å². The van der Waals surface area contributed by atoms with Crippen LogP contribution in [-0.2, 0) is 11.2 Å². The summed E-state index contributed by atoms with van der Waals surface area (Å²) in [7, 11) is 0. The Balaban J connectivity index is 2.34. The van der Waals surface area contributed by atoms with Crippen LogP contribution in [0.5, 0.6) is 0 Å². The first-order valence-electron chi connectivity index (χ1n) is 6.51. The predicted octanol–water partition coefficient (Wildman–Crippen LogP) is 3.65. The van der Waals surface area contributed by atoms with Crippen molar-refractivity contribution in [2.24, 2.45) is 5.73 Å². The Labute approximate surface area is 127 Å². The van der Waals surface area contributed by atoms with E-state index in [9.17, 15) is 4.79 Å². The monoisotopic (exact) mass is 332 g/mol. The summed E-state index contributed by atoms with van der Waals surface area (Å²) in [6.07, 6.45) is 0.861. The van der Waals surface area contributed by atoms with Gasteiger partial charge in [-0.3, -0.25) is 4.79 Å². The average molecular weight is 333 g/mol. The molecule has 2 rings (SSSR count). The predicted molar refractivity (Wildman–Crippen MR) is 85.5 cm³/mol. The highest BCUT2D eigenvalue weighted by atomic mass is 79.9. The van der Waals surface area contributed by atoms with Crippen LogP contribution in [-0.4, -0.2) is 5.91 Å². The molecular weight excluding hydrogens is 316 g/mol. The van der Waals surface area contributed by atoms with E-state index in [1.807, 2.05) is 48.5 Å². The number of carbonyl (C=O) groups is 1. The summed E-state index contributed by atoms with van der Waals surface area (Å²) >= 11 is 3.42. The normalized spacial score (nSPS) is 11.9. The third-order valence-corrected chi connectivity index (χ3v) is 3.66. The summed E-state index contributed by atoms with van der Waals surface area (Å²) in [4.78, 5) is 11.8. The summed E-state index contributed by atoms with van der Waals surface area (Å²) in [5.41, 5.74) is 8.48. The smallest absolute Gasteiger partial charge is 0.244 e. The van der Waals surface area contributed by atoms with Crippen molar-refractivity contribution in [1.82, 2.24) is 0 Å². The van der Waals surface area contributed by atoms with Gasteiger partial charge < -0.3 is 11.1 Å². The standard InChI is InChI=1S/C16H17BrN2O/c1-2-11-6-3-4-9-14(11)15(16(18)20)19-13-8-5-7-12(17)10-13/h3-10,15,19H,2H2,1H3,(H2,18,20). The highest BCUT2D eigenvalue weighted by Gasteiger charge is 2.19. The number of hydrogen-bond acceptors (Lipinski definition) is 2. The van der Waals surface area contributed by atoms with Crippen molar-refractivity contribution in [3.63, 3.8) is 0 Å². The third kappa shape index (κ3) is 3.39. The van der Waals surface area contributed by atoms with E-state index < -0.39 is 6.04 Å². The maximum Gasteiger partial charge on any atom is 0.244 e. The molecule has 3 N–H and O–H groups in total. The van der Waals surface area contributed by atoms with Crippen LogP contribution in [0.25, 0.3) is 0 Å². The molecule has 0 aliphatic carbocycles. The van der Waals surface area contributed by atoms with Crippen LogP contribution in [0.2, 0.25) is 0 Å². The van der Waals surface area contributed by atoms with Gasteiger partial charge in [-0.15, -0.1) is 0 Å². The Hall–Kier alpha value is -1.81. The zero-order valence-electron chi connectivity index (χ0n) is 11.3. The number of hydrogen-bond donors (Lipinski definition) is 2. The lowest BCUT2D eigenvalue weighted by Crippen LogP contribution is -2.28. The molecule has 2 aromatic carbocycles. The third-order valence-electron chi connectivity index (χ3n) is 3.17. The minimum Gasteiger partial charge on any atom is -0.370 e. The van der Waals surface area contributed by atoms with Gasteiger partial charge in [-0.25, -0.2) is 0 Å². The fourth-order valence-corrected chi connectivity index (χ4v) is 2.58. The van der Waals surface area contributed by atoms with Crippen LogP contribution < -0.4 is 11.1 Å². The molecule has 0 aromatic heterocycles. The molecule has 1 atom stereocenters. The Bertz CT molecular complexity index is 613. The highest BCUT2D eigenvalue weighted by molar-refractivity contribution is 9.10. The Morgan fingerprint density at radius 1 is 1.25 bits per heavy atom. The highest BCUT2D eigenvalue weighted by Crippen LogP contribution is 2.24. The Kier molecular flexibility index (Phi) is 4.79. The minimum absolute atomic E-state index is 0.383. The van der Waals surface area contributed by atoms with Crippen LogP contribution >= 0.6 is 15.9 Å². The minimum atomic E-state index is -0.527. The first kappa shape index (κ1) is 14.6. The second kappa shape index (κ2) is 6.57. The lowest BCUT2D eigenvalue weighted by Gasteiger charge is -2.20. The van der Waals surface area contributed by atoms with Gasteiger partial charge in [-0.1, -0.05) is 53.2 Å². The number of rotatable bonds is 5. The van der Waals surface area contributed by atoms with Crippen molar-refractivity contribution >= 4 is 27.5 Å². The van der Waals surface area contributed by atoms with E-state index >= 15 is 0 Å². The van der Waals surface area contributed by atoms with Crippen molar-refractivity contribution in [1.29, 1.82) is 0 Å². The second-order valence-electron chi connectivity index (χ2n) is 4.54. The molecule has 0 spiro atoms. The largest absolute Gasteiger partial charge is 0.370 e. The Morgan fingerprint density at radius 3 is 2.65 bits per heavy atom. The molecule has 0 saturated heterocycles. The van der Waals surface area contributed by atoms with Crippen molar-refractivity contribution in [2.45, 2.75) is 19.4 Å². The molecule has 0 radical (unpaired) electrons. The van der Waals surface area contributed by atoms with E-state index in [2.05, 4.69) is 28.2 Å². The van der Waals surface area contributed by atoms with Crippen LogP contribution in [0, 0.1) is 0 Å². The maximum absolute atomic E-state index is 11.8. The van der Waals surface area contributed by atoms with Gasteiger partial charge in [0, 0.05) is 10.2 Å². The van der Waals surface area contributed by atoms with Crippen molar-refractivity contribution in [2.75, 3.05) is 5.32 Å². The molecule has 104 valence electrons. The van der Waals surface area contributed by atoms with Gasteiger partial charge in [0.05, 0.1) is 0 Å². The van der Waals surface area contributed by atoms with E-state index in [0.717, 1.165) is 27.7 Å². The maximum atomic E-state index is 11.8. The fourth-order valence-electron chi connectivity index (χ4n) is 2.18. The van der Waals surface area contributed by atoms with E-state index in [0.29, 0.717) is 0 Å². The number of aryl methyl sites for hydroxylation is 1. The fraction of sp³-hybridized carbons (Fsp3) is 0.188. The molecular formula is C16H17BrN2O. The molecule has 4 heteroatoms. The number of nitrogens with two attached hydrogens (primary N) is 1. The molecule has 0 bridgehead atoms. The zero-order chi connectivity index (χ0) is 14.5. The molecule has 1 unspecified atom stereocenters. The lowest BCUT2D eigenvalue weighted by atomic mass is 9.98. The number of carbonyl (C=O) groups excluding carboxylic acids is 1. The van der Waals surface area contributed by atoms with Gasteiger partial charge >= 0.3 is 0 Å². The number of nitrogens with one attached hydrogen (secondary N) is 1. The van der Waals surface area contributed by atoms with Crippen LogP contribution in [0.1, 0.15) is 24.1 Å². The molecule has 0 aliphatic rings. The summed E-state index contributed by atoms with van der Waals surface area (Å²) < 4.78 is 0.953. The molecule has 0 aliphatic heterocycles. The van der Waals surface area contributed by atoms with Crippen LogP contribution in [0.15, 0.2) is 53.0 Å². The summed E-state index contributed by atoms with van der Waals surface area (Å²) in [6, 6.07) is 15.0. The molecule has 3 nitrogen and oxygen atoms in total. The quantitative estimate of drug-likeness (QED) is 0.877. The van der Waals surface area contributed by atoms with E-state index in [-0.39, 0.29) is 5.91 Å². The van der Waals surface area contributed by atoms with Crippen molar-refractivity contribution in [3.05, 3.63) is 64.1 Å². The van der Waals surface area contributed by atoms with E-state index in [1.165, 1.54) is 0 Å². The number of halogens is 1. The number of amides is 1. The SMILES string of the molecule is CCc1ccccc1C(Nc1cccc(Br)c1)C(N)=O. The zero-order valence-corrected chi connectivity index (χ0v) is 12.9. The summed E-state index contributed by atoms with van der Waals surface area (Å²) in [6.45, 7) is 2.07. The van der Waals surface area contributed by atoms with Crippen molar-refractivity contribution in [3.8, 4) is 0 Å². The summed E-state index contributed by atoms with van der Waals surface area (Å²) in [5, 5.41) is 3.21. The topological polar surface area (TPSA) is 55.1 Å². The number of benzene rings is 2. The van der Waals surface area contributed by atoms with Gasteiger partial charge in [0.2, 0.25) is 5.91 Å². The number of anilines is 1. The lowest BCUT2D eigenvalue weighted by molar-refractivity contribution is -0.118. The van der Waals surface area contributed by atoms with Gasteiger partial charge in [0.15, 0.2) is 0 Å². The molecule has 0 heterocycles. The van der Waals surface area contributed by atoms with E-state index in [4.69, 9.17) is 5.73 Å². The first-order chi connectivity index (χ1) is 9.61. The molecule has 0 fully saturated rings. The molecule has 20 heavy (non-hydrogen) atoms. The van der Waals surface area contributed by atoms with Gasteiger partial charge in [-0.2, -0.15) is 0 Å². The molecule has 0 saturated carbocycles. The molecule has 1 amide bonds. The molecule has 2 aromatic rings. The van der Waals surface area contributed by atoms with E-state index in [1.54, 1.807) is 0 Å². The van der Waals surface area contributed by atoms with Gasteiger partial charge in [-0.05, 0) is 35.7 Å². The summed E-state index contributed by atoms with van der Waals surface area (Å²) in [5.74, 6) is -0.383. The van der Waals surface area contributed by atoms with Gasteiger partial charge in [0.1, 0.15) is 6.04 Å². The Morgan fingerprint density at radius 2 is 2.00 bits per heavy atom. The van der Waals surface area contributed by atoms with Crippen LogP contribution in [0.3, 0.4) is 0 Å².